The molecule has 0 unspecified atom stereocenters. The molecule has 1 N–H and O–H groups in total. The van der Waals surface area contributed by atoms with Crippen molar-refractivity contribution in [3.8, 4) is 0 Å². The minimum atomic E-state index is -0.0340. The van der Waals surface area contributed by atoms with Crippen LogP contribution >= 0.6 is 11.8 Å². The molecule has 0 spiro atoms. The number of benzene rings is 2. The number of carbonyl (C=O) groups excluding carboxylic acids is 2. The monoisotopic (exact) mass is 313 g/mol. The number of anilines is 1. The lowest BCUT2D eigenvalue weighted by molar-refractivity contribution is -0.113. The first-order chi connectivity index (χ1) is 10.5. The summed E-state index contributed by atoms with van der Waals surface area (Å²) in [5, 5.41) is 2.83. The van der Waals surface area contributed by atoms with E-state index in [-0.39, 0.29) is 11.7 Å². The molecule has 0 saturated heterocycles. The Balaban J connectivity index is 1.79. The van der Waals surface area contributed by atoms with Gasteiger partial charge in [-0.2, -0.15) is 0 Å². The molecule has 22 heavy (non-hydrogen) atoms. The van der Waals surface area contributed by atoms with Crippen LogP contribution in [0, 0.1) is 6.92 Å². The van der Waals surface area contributed by atoms with Crippen molar-refractivity contribution in [2.75, 3.05) is 11.1 Å². The van der Waals surface area contributed by atoms with Crippen LogP contribution < -0.4 is 5.32 Å². The molecule has 0 fully saturated rings. The zero-order valence-corrected chi connectivity index (χ0v) is 13.6. The van der Waals surface area contributed by atoms with Crippen molar-refractivity contribution in [2.45, 2.75) is 19.6 Å². The molecule has 0 saturated carbocycles. The van der Waals surface area contributed by atoms with Crippen LogP contribution in [0.25, 0.3) is 0 Å². The van der Waals surface area contributed by atoms with Crippen molar-refractivity contribution in [1.82, 2.24) is 0 Å². The van der Waals surface area contributed by atoms with Crippen LogP contribution in [0.4, 0.5) is 5.69 Å². The Bertz CT molecular complexity index is 665. The maximum atomic E-state index is 11.9. The average molecular weight is 313 g/mol. The standard InChI is InChI=1S/C18H19NO2S/c1-13-4-3-5-15(10-13)11-22-12-18(21)19-17-8-6-16(7-9-17)14(2)20/h3-10H,11-12H2,1-2H3,(H,19,21). The highest BCUT2D eigenvalue weighted by Gasteiger charge is 2.04. The second-order valence-corrected chi connectivity index (χ2v) is 6.15. The van der Waals surface area contributed by atoms with E-state index in [2.05, 4.69) is 30.4 Å². The maximum Gasteiger partial charge on any atom is 0.234 e. The van der Waals surface area contributed by atoms with Crippen molar-refractivity contribution in [1.29, 1.82) is 0 Å². The molecule has 2 aromatic carbocycles. The van der Waals surface area contributed by atoms with Gasteiger partial charge in [0.1, 0.15) is 0 Å². The van der Waals surface area contributed by atoms with Gasteiger partial charge in [-0.25, -0.2) is 0 Å². The number of carbonyl (C=O) groups is 2. The van der Waals surface area contributed by atoms with E-state index in [4.69, 9.17) is 0 Å². The highest BCUT2D eigenvalue weighted by atomic mass is 32.2. The summed E-state index contributed by atoms with van der Waals surface area (Å²) in [6.07, 6.45) is 0. The van der Waals surface area contributed by atoms with Gasteiger partial charge >= 0.3 is 0 Å². The predicted molar refractivity (Wildman–Crippen MR) is 92.4 cm³/mol. The van der Waals surface area contributed by atoms with Gasteiger partial charge < -0.3 is 5.32 Å². The Labute approximate surface area is 135 Å². The molecule has 0 radical (unpaired) electrons. The summed E-state index contributed by atoms with van der Waals surface area (Å²) in [5.74, 6) is 1.21. The minimum absolute atomic E-state index is 0.0200. The highest BCUT2D eigenvalue weighted by molar-refractivity contribution is 7.99. The van der Waals surface area contributed by atoms with Crippen LogP contribution in [-0.2, 0) is 10.5 Å². The van der Waals surface area contributed by atoms with Gasteiger partial charge in [0.2, 0.25) is 5.91 Å². The van der Waals surface area contributed by atoms with Crippen LogP contribution in [0.1, 0.15) is 28.4 Å². The molecule has 0 heterocycles. The third-order valence-electron chi connectivity index (χ3n) is 3.16. The summed E-state index contributed by atoms with van der Waals surface area (Å²) < 4.78 is 0. The number of thioether (sulfide) groups is 1. The smallest absolute Gasteiger partial charge is 0.234 e. The third kappa shape index (κ3) is 5.04. The van der Waals surface area contributed by atoms with Crippen LogP contribution in [0.5, 0.6) is 0 Å². The SMILES string of the molecule is CC(=O)c1ccc(NC(=O)CSCc2cccc(C)c2)cc1. The first kappa shape index (κ1) is 16.3. The zero-order chi connectivity index (χ0) is 15.9. The molecule has 0 bridgehead atoms. The Morgan fingerprint density at radius 2 is 1.82 bits per heavy atom. The van der Waals surface area contributed by atoms with Gasteiger partial charge in [0, 0.05) is 17.0 Å². The Hall–Kier alpha value is -2.07. The van der Waals surface area contributed by atoms with E-state index in [1.165, 1.54) is 18.1 Å². The summed E-state index contributed by atoms with van der Waals surface area (Å²) in [4.78, 5) is 23.1. The van der Waals surface area contributed by atoms with Gasteiger partial charge in [0.05, 0.1) is 5.75 Å². The van der Waals surface area contributed by atoms with Gasteiger partial charge in [-0.3, -0.25) is 9.59 Å². The largest absolute Gasteiger partial charge is 0.325 e. The summed E-state index contributed by atoms with van der Waals surface area (Å²) in [5.41, 5.74) is 3.81. The molecule has 114 valence electrons. The lowest BCUT2D eigenvalue weighted by atomic mass is 10.1. The molecule has 0 aliphatic carbocycles. The van der Waals surface area contributed by atoms with Crippen molar-refractivity contribution >= 4 is 29.1 Å². The van der Waals surface area contributed by atoms with E-state index in [0.717, 1.165) is 5.75 Å². The van der Waals surface area contributed by atoms with Crippen LogP contribution in [0.15, 0.2) is 48.5 Å². The minimum Gasteiger partial charge on any atom is -0.325 e. The number of ketones is 1. The molecule has 0 aliphatic rings. The topological polar surface area (TPSA) is 46.2 Å². The van der Waals surface area contributed by atoms with Crippen molar-refractivity contribution < 1.29 is 9.59 Å². The van der Waals surface area contributed by atoms with Gasteiger partial charge in [0.25, 0.3) is 0 Å². The molecule has 3 nitrogen and oxygen atoms in total. The molecule has 0 aromatic heterocycles. The van der Waals surface area contributed by atoms with Crippen LogP contribution in [-0.4, -0.2) is 17.4 Å². The van der Waals surface area contributed by atoms with Crippen LogP contribution in [0.3, 0.4) is 0 Å². The summed E-state index contributed by atoms with van der Waals surface area (Å²) in [7, 11) is 0. The van der Waals surface area contributed by atoms with E-state index in [1.54, 1.807) is 36.0 Å². The number of rotatable bonds is 6. The van der Waals surface area contributed by atoms with Gasteiger partial charge in [-0.1, -0.05) is 29.8 Å². The van der Waals surface area contributed by atoms with Gasteiger partial charge in [-0.15, -0.1) is 11.8 Å². The normalized spacial score (nSPS) is 10.3. The molecule has 1 amide bonds. The fourth-order valence-electron chi connectivity index (χ4n) is 2.05. The summed E-state index contributed by atoms with van der Waals surface area (Å²) in [6.45, 7) is 3.58. The van der Waals surface area contributed by atoms with Crippen LogP contribution in [0.2, 0.25) is 0 Å². The van der Waals surface area contributed by atoms with Gasteiger partial charge in [-0.05, 0) is 43.7 Å². The summed E-state index contributed by atoms with van der Waals surface area (Å²) >= 11 is 1.58. The molecule has 2 rings (SSSR count). The molecule has 0 aliphatic heterocycles. The molecule has 0 atom stereocenters. The molecular formula is C18H19NO2S. The fraction of sp³-hybridized carbons (Fsp3) is 0.222. The highest BCUT2D eigenvalue weighted by Crippen LogP contribution is 2.15. The van der Waals surface area contributed by atoms with E-state index >= 15 is 0 Å². The number of Topliss-reactive ketones (excluding diaryl/α,β-unsaturated/α-hetero) is 1. The average Bonchev–Trinajstić information content (AvgIpc) is 2.48. The van der Waals surface area contributed by atoms with Gasteiger partial charge in [0.15, 0.2) is 5.78 Å². The number of aryl methyl sites for hydroxylation is 1. The van der Waals surface area contributed by atoms with E-state index in [9.17, 15) is 9.59 Å². The second kappa shape index (κ2) is 7.80. The summed E-state index contributed by atoms with van der Waals surface area (Å²) in [6, 6.07) is 15.2. The molecule has 4 heteroatoms. The zero-order valence-electron chi connectivity index (χ0n) is 12.8. The molecule has 2 aromatic rings. The lowest BCUT2D eigenvalue weighted by Crippen LogP contribution is -2.14. The van der Waals surface area contributed by atoms with E-state index in [1.807, 2.05) is 6.07 Å². The van der Waals surface area contributed by atoms with Crippen molar-refractivity contribution in [2.24, 2.45) is 0 Å². The quantitative estimate of drug-likeness (QED) is 0.818. The first-order valence-corrected chi connectivity index (χ1v) is 8.24. The lowest BCUT2D eigenvalue weighted by Gasteiger charge is -2.06. The first-order valence-electron chi connectivity index (χ1n) is 7.09. The predicted octanol–water partition coefficient (Wildman–Crippen LogP) is 4.07. The van der Waals surface area contributed by atoms with Crippen molar-refractivity contribution in [3.63, 3.8) is 0 Å². The Kier molecular flexibility index (Phi) is 5.78. The van der Waals surface area contributed by atoms with E-state index < -0.39 is 0 Å². The fourth-order valence-corrected chi connectivity index (χ4v) is 2.82. The second-order valence-electron chi connectivity index (χ2n) is 5.16. The number of nitrogens with one attached hydrogen (secondary N) is 1. The maximum absolute atomic E-state index is 11.9. The Morgan fingerprint density at radius 1 is 1.09 bits per heavy atom. The number of hydrogen-bond donors (Lipinski definition) is 1. The number of amides is 1. The molecular weight excluding hydrogens is 294 g/mol. The van der Waals surface area contributed by atoms with E-state index in [0.29, 0.717) is 17.0 Å². The third-order valence-corrected chi connectivity index (χ3v) is 4.16. The van der Waals surface area contributed by atoms with Crippen molar-refractivity contribution in [3.05, 3.63) is 65.2 Å². The number of hydrogen-bond acceptors (Lipinski definition) is 3. The Morgan fingerprint density at radius 3 is 2.45 bits per heavy atom.